The molecule has 1 saturated carbocycles. The van der Waals surface area contributed by atoms with Crippen LogP contribution in [0.15, 0.2) is 12.1 Å². The van der Waals surface area contributed by atoms with E-state index in [1.807, 2.05) is 0 Å². The molecule has 1 aromatic heterocycles. The van der Waals surface area contributed by atoms with Crippen molar-refractivity contribution in [2.75, 3.05) is 13.7 Å². The van der Waals surface area contributed by atoms with Gasteiger partial charge in [0.05, 0.1) is 0 Å². The number of carbonyl (C=O) groups excluding carboxylic acids is 1. The lowest BCUT2D eigenvalue weighted by molar-refractivity contribution is -0.125. The Morgan fingerprint density at radius 3 is 2.78 bits per heavy atom. The second-order valence-electron chi connectivity index (χ2n) is 4.90. The highest BCUT2D eigenvalue weighted by atomic mass is 32.1. The molecule has 1 fully saturated rings. The van der Waals surface area contributed by atoms with Gasteiger partial charge in [-0.15, -0.1) is 11.3 Å². The first-order valence-electron chi connectivity index (χ1n) is 6.57. The quantitative estimate of drug-likeness (QED) is 0.890. The van der Waals surface area contributed by atoms with Crippen LogP contribution in [0, 0.1) is 12.8 Å². The van der Waals surface area contributed by atoms with Crippen LogP contribution in [0.2, 0.25) is 0 Å². The molecule has 18 heavy (non-hydrogen) atoms. The maximum absolute atomic E-state index is 11.9. The number of rotatable bonds is 5. The summed E-state index contributed by atoms with van der Waals surface area (Å²) in [4.78, 5) is 14.4. The fraction of sp³-hybridized carbons (Fsp3) is 0.643. The minimum Gasteiger partial charge on any atom is -0.374 e. The first kappa shape index (κ1) is 13.6. The van der Waals surface area contributed by atoms with Crippen LogP contribution < -0.4 is 5.32 Å². The number of hydrogen-bond donors (Lipinski definition) is 1. The molecule has 1 aliphatic rings. The first-order valence-corrected chi connectivity index (χ1v) is 7.39. The summed E-state index contributed by atoms with van der Waals surface area (Å²) < 4.78 is 5.46. The minimum absolute atomic E-state index is 0.0194. The van der Waals surface area contributed by atoms with Crippen LogP contribution in [0.1, 0.15) is 41.5 Å². The summed E-state index contributed by atoms with van der Waals surface area (Å²) in [6.07, 6.45) is 4.45. The van der Waals surface area contributed by atoms with Gasteiger partial charge >= 0.3 is 0 Å². The lowest BCUT2D eigenvalue weighted by Crippen LogP contribution is -2.33. The molecule has 0 unspecified atom stereocenters. The van der Waals surface area contributed by atoms with Gasteiger partial charge in [-0.3, -0.25) is 4.79 Å². The third-order valence-electron chi connectivity index (χ3n) is 3.55. The van der Waals surface area contributed by atoms with E-state index >= 15 is 0 Å². The molecule has 2 rings (SSSR count). The van der Waals surface area contributed by atoms with Crippen molar-refractivity contribution >= 4 is 17.2 Å². The zero-order chi connectivity index (χ0) is 13.0. The summed E-state index contributed by atoms with van der Waals surface area (Å²) in [5, 5.41) is 3.03. The van der Waals surface area contributed by atoms with E-state index in [4.69, 9.17) is 4.74 Å². The lowest BCUT2D eigenvalue weighted by atomic mass is 10.1. The van der Waals surface area contributed by atoms with E-state index in [-0.39, 0.29) is 17.9 Å². The topological polar surface area (TPSA) is 38.3 Å². The third-order valence-corrected chi connectivity index (χ3v) is 4.64. The van der Waals surface area contributed by atoms with Crippen LogP contribution in [-0.2, 0) is 9.53 Å². The van der Waals surface area contributed by atoms with Gasteiger partial charge in [0.1, 0.15) is 6.10 Å². The molecule has 3 nitrogen and oxygen atoms in total. The predicted molar refractivity (Wildman–Crippen MR) is 73.8 cm³/mol. The summed E-state index contributed by atoms with van der Waals surface area (Å²) in [6.45, 7) is 2.66. The number of hydrogen-bond acceptors (Lipinski definition) is 3. The molecular formula is C14H21NO2S. The standard InChI is InChI=1S/C14H21NO2S/c1-10-7-8-13(18-10)12(17-2)9-15-14(16)11-5-3-4-6-11/h7-8,11-12H,3-6,9H2,1-2H3,(H,15,16)/t12-/m1/s1. The molecule has 0 saturated heterocycles. The average Bonchev–Trinajstić information content (AvgIpc) is 3.01. The molecule has 1 aromatic rings. The van der Waals surface area contributed by atoms with E-state index in [9.17, 15) is 4.79 Å². The van der Waals surface area contributed by atoms with Crippen molar-refractivity contribution in [2.24, 2.45) is 5.92 Å². The summed E-state index contributed by atoms with van der Waals surface area (Å²) in [5.74, 6) is 0.426. The van der Waals surface area contributed by atoms with Crippen molar-refractivity contribution in [2.45, 2.75) is 38.7 Å². The Kier molecular flexibility index (Phi) is 4.78. The third kappa shape index (κ3) is 3.33. The van der Waals surface area contributed by atoms with Crippen LogP contribution in [-0.4, -0.2) is 19.6 Å². The molecule has 0 bridgehead atoms. The van der Waals surface area contributed by atoms with Crippen LogP contribution in [0.5, 0.6) is 0 Å². The molecule has 0 spiro atoms. The Balaban J connectivity index is 1.85. The molecule has 4 heteroatoms. The van der Waals surface area contributed by atoms with E-state index in [1.165, 1.54) is 22.6 Å². The highest BCUT2D eigenvalue weighted by Gasteiger charge is 2.23. The largest absolute Gasteiger partial charge is 0.374 e. The molecule has 1 heterocycles. The Morgan fingerprint density at radius 1 is 1.50 bits per heavy atom. The van der Waals surface area contributed by atoms with Crippen molar-refractivity contribution < 1.29 is 9.53 Å². The van der Waals surface area contributed by atoms with Crippen LogP contribution in [0.3, 0.4) is 0 Å². The highest BCUT2D eigenvalue weighted by Crippen LogP contribution is 2.26. The van der Waals surface area contributed by atoms with Crippen LogP contribution in [0.25, 0.3) is 0 Å². The average molecular weight is 267 g/mol. The van der Waals surface area contributed by atoms with E-state index in [0.717, 1.165) is 12.8 Å². The van der Waals surface area contributed by atoms with Gasteiger partial charge in [-0.25, -0.2) is 0 Å². The number of amides is 1. The maximum atomic E-state index is 11.9. The molecule has 1 N–H and O–H groups in total. The van der Waals surface area contributed by atoms with Gasteiger partial charge in [-0.1, -0.05) is 12.8 Å². The molecule has 100 valence electrons. The molecule has 0 aromatic carbocycles. The van der Waals surface area contributed by atoms with Gasteiger partial charge in [0, 0.05) is 29.3 Å². The van der Waals surface area contributed by atoms with Gasteiger partial charge in [0.25, 0.3) is 0 Å². The second kappa shape index (κ2) is 6.34. The van der Waals surface area contributed by atoms with Gasteiger partial charge in [-0.2, -0.15) is 0 Å². The Labute approximate surface area is 113 Å². The zero-order valence-corrected chi connectivity index (χ0v) is 11.9. The Bertz CT molecular complexity index is 396. The van der Waals surface area contributed by atoms with Crippen LogP contribution in [0.4, 0.5) is 0 Å². The maximum Gasteiger partial charge on any atom is 0.223 e. The highest BCUT2D eigenvalue weighted by molar-refractivity contribution is 7.12. The number of nitrogens with one attached hydrogen (secondary N) is 1. The molecule has 1 atom stereocenters. The zero-order valence-electron chi connectivity index (χ0n) is 11.1. The fourth-order valence-electron chi connectivity index (χ4n) is 2.45. The smallest absolute Gasteiger partial charge is 0.223 e. The number of carbonyl (C=O) groups is 1. The molecular weight excluding hydrogens is 246 g/mol. The molecule has 0 aliphatic heterocycles. The van der Waals surface area contributed by atoms with Crippen molar-refractivity contribution in [3.8, 4) is 0 Å². The van der Waals surface area contributed by atoms with E-state index in [1.54, 1.807) is 18.4 Å². The van der Waals surface area contributed by atoms with Gasteiger partial charge in [0.2, 0.25) is 5.91 Å². The Morgan fingerprint density at radius 2 is 2.22 bits per heavy atom. The monoisotopic (exact) mass is 267 g/mol. The minimum atomic E-state index is -0.0194. The normalized spacial score (nSPS) is 17.9. The first-order chi connectivity index (χ1) is 8.70. The van der Waals surface area contributed by atoms with Gasteiger partial charge < -0.3 is 10.1 Å². The molecule has 1 aliphatic carbocycles. The van der Waals surface area contributed by atoms with E-state index in [0.29, 0.717) is 6.54 Å². The fourth-order valence-corrected chi connectivity index (χ4v) is 3.41. The number of ether oxygens (including phenoxy) is 1. The van der Waals surface area contributed by atoms with Gasteiger partial charge in [0.15, 0.2) is 0 Å². The number of aryl methyl sites for hydroxylation is 1. The SMILES string of the molecule is CO[C@H](CNC(=O)C1CCCC1)c1ccc(C)s1. The van der Waals surface area contributed by atoms with Crippen molar-refractivity contribution in [1.29, 1.82) is 0 Å². The summed E-state index contributed by atoms with van der Waals surface area (Å²) >= 11 is 1.73. The number of methoxy groups -OCH3 is 1. The van der Waals surface area contributed by atoms with Crippen molar-refractivity contribution in [1.82, 2.24) is 5.32 Å². The van der Waals surface area contributed by atoms with Crippen molar-refractivity contribution in [3.63, 3.8) is 0 Å². The second-order valence-corrected chi connectivity index (χ2v) is 6.22. The van der Waals surface area contributed by atoms with E-state index in [2.05, 4.69) is 24.4 Å². The lowest BCUT2D eigenvalue weighted by Gasteiger charge is -2.16. The van der Waals surface area contributed by atoms with Gasteiger partial charge in [-0.05, 0) is 31.9 Å². The molecule has 1 amide bonds. The number of thiophene rings is 1. The van der Waals surface area contributed by atoms with E-state index < -0.39 is 0 Å². The summed E-state index contributed by atoms with van der Waals surface area (Å²) in [7, 11) is 1.70. The van der Waals surface area contributed by atoms with Crippen molar-refractivity contribution in [3.05, 3.63) is 21.9 Å². The summed E-state index contributed by atoms with van der Waals surface area (Å²) in [6, 6.07) is 4.17. The Hall–Kier alpha value is -0.870. The molecule has 0 radical (unpaired) electrons. The summed E-state index contributed by atoms with van der Waals surface area (Å²) in [5.41, 5.74) is 0. The van der Waals surface area contributed by atoms with Crippen LogP contribution >= 0.6 is 11.3 Å². The predicted octanol–water partition coefficient (Wildman–Crippen LogP) is 3.05.